The minimum atomic E-state index is -0.999. The molecule has 0 spiro atoms. The quantitative estimate of drug-likeness (QED) is 0.143. The molecule has 0 aromatic rings. The molecule has 1 aliphatic heterocycles. The maximum absolute atomic E-state index is 14.2. The summed E-state index contributed by atoms with van der Waals surface area (Å²) in [6.45, 7) is 17.5. The van der Waals surface area contributed by atoms with Crippen LogP contribution in [0.5, 0.6) is 0 Å². The monoisotopic (exact) mass is 632 g/mol. The number of carbonyl (C=O) groups excluding carboxylic acids is 6. The Kier molecular flexibility index (Phi) is 11.3. The minimum Gasteiger partial charge on any atom is -0.453 e. The van der Waals surface area contributed by atoms with Gasteiger partial charge in [-0.25, -0.2) is 9.59 Å². The summed E-state index contributed by atoms with van der Waals surface area (Å²) in [5.41, 5.74) is -0.904. The lowest BCUT2D eigenvalue weighted by atomic mass is 9.85. The zero-order valence-electron chi connectivity index (χ0n) is 28.0. The summed E-state index contributed by atoms with van der Waals surface area (Å²) in [4.78, 5) is 80.1. The molecular weight excluding hydrogens is 580 g/mol. The molecule has 13 nitrogen and oxygen atoms in total. The van der Waals surface area contributed by atoms with Gasteiger partial charge < -0.3 is 36.2 Å². The SMILES string of the molecule is C=CCNC(=O)C(=O)C(CC1CC1)NC(=O)[C@@H]1[C@@H]2[C@H](CN1C(=O)[C@@H](NC(=O)N[C@H](CNC(=O)OC)C(C)C)C(C)(C)C)C2(C)C. The lowest BCUT2D eigenvalue weighted by Gasteiger charge is -2.38. The molecule has 6 amide bonds. The number of ether oxygens (including phenoxy) is 1. The number of piperidine rings is 1. The highest BCUT2D eigenvalue weighted by Gasteiger charge is 2.70. The summed E-state index contributed by atoms with van der Waals surface area (Å²) < 4.78 is 4.62. The van der Waals surface area contributed by atoms with Crippen molar-refractivity contribution in [2.24, 2.45) is 34.5 Å². The molecule has 3 fully saturated rings. The average Bonchev–Trinajstić information content (AvgIpc) is 3.82. The van der Waals surface area contributed by atoms with Crippen molar-refractivity contribution in [3.63, 3.8) is 0 Å². The van der Waals surface area contributed by atoms with Gasteiger partial charge >= 0.3 is 12.1 Å². The van der Waals surface area contributed by atoms with Gasteiger partial charge in [0.2, 0.25) is 17.6 Å². The molecule has 0 bridgehead atoms. The van der Waals surface area contributed by atoms with E-state index in [4.69, 9.17) is 0 Å². The standard InChI is InChI=1S/C32H52N6O7/c1-10-13-33-27(41)24(39)20(14-18-11-12-18)35-26(40)23-22-19(32(22,7)8)16-38(23)28(42)25(31(4,5)6)37-29(43)36-21(17(2)3)15-34-30(44)45-9/h10,17-23,25H,1,11-16H2,2-9H3,(H,33,41)(H,34,44)(H,35,40)(H2,36,37,43)/t19-,20?,21+,22-,23-,25+/m0/s1. The normalized spacial score (nSPS) is 23.5. The lowest BCUT2D eigenvalue weighted by Crippen LogP contribution is -2.62. The van der Waals surface area contributed by atoms with Crippen LogP contribution in [0.3, 0.4) is 0 Å². The van der Waals surface area contributed by atoms with E-state index in [0.717, 1.165) is 12.8 Å². The van der Waals surface area contributed by atoms with Crippen molar-refractivity contribution >= 4 is 35.6 Å². The summed E-state index contributed by atoms with van der Waals surface area (Å²) in [6, 6.07) is -3.86. The summed E-state index contributed by atoms with van der Waals surface area (Å²) >= 11 is 0. The first-order chi connectivity index (χ1) is 20.9. The molecule has 6 atom stereocenters. The van der Waals surface area contributed by atoms with Crippen molar-refractivity contribution in [1.82, 2.24) is 31.5 Å². The third kappa shape index (κ3) is 8.76. The first-order valence-corrected chi connectivity index (χ1v) is 15.9. The Balaban J connectivity index is 1.79. The van der Waals surface area contributed by atoms with Crippen LogP contribution in [-0.2, 0) is 23.9 Å². The Morgan fingerprint density at radius 1 is 1.02 bits per heavy atom. The van der Waals surface area contributed by atoms with Gasteiger partial charge in [-0.3, -0.25) is 19.2 Å². The van der Waals surface area contributed by atoms with Crippen LogP contribution >= 0.6 is 0 Å². The maximum Gasteiger partial charge on any atom is 0.406 e. The van der Waals surface area contributed by atoms with E-state index < -0.39 is 65.2 Å². The molecule has 3 aliphatic rings. The van der Waals surface area contributed by atoms with Crippen LogP contribution in [0.4, 0.5) is 9.59 Å². The molecular formula is C32H52N6O7. The van der Waals surface area contributed by atoms with E-state index in [0.29, 0.717) is 13.0 Å². The first kappa shape index (κ1) is 35.8. The Bertz CT molecular complexity index is 1170. The number of nitrogens with zero attached hydrogens (tertiary/aromatic N) is 1. The van der Waals surface area contributed by atoms with Crippen molar-refractivity contribution < 1.29 is 33.5 Å². The summed E-state index contributed by atoms with van der Waals surface area (Å²) in [5, 5.41) is 13.6. The number of methoxy groups -OCH3 is 1. The number of rotatable bonds is 14. The predicted molar refractivity (Wildman–Crippen MR) is 168 cm³/mol. The number of alkyl carbamates (subject to hydrolysis) is 1. The van der Waals surface area contributed by atoms with E-state index in [1.54, 1.807) is 0 Å². The zero-order valence-corrected chi connectivity index (χ0v) is 28.0. The number of amides is 6. The number of fused-ring (bicyclic) bond motifs is 1. The van der Waals surface area contributed by atoms with Crippen LogP contribution in [0.1, 0.15) is 67.7 Å². The topological polar surface area (TPSA) is 175 Å². The fourth-order valence-electron chi connectivity index (χ4n) is 6.27. The summed E-state index contributed by atoms with van der Waals surface area (Å²) in [5.74, 6) is -2.20. The number of ketones is 1. The van der Waals surface area contributed by atoms with Crippen LogP contribution in [0.2, 0.25) is 0 Å². The molecule has 0 aromatic heterocycles. The number of urea groups is 1. The van der Waals surface area contributed by atoms with Crippen LogP contribution in [0, 0.1) is 34.5 Å². The maximum atomic E-state index is 14.2. The fraction of sp³-hybridized carbons (Fsp3) is 0.750. The number of nitrogens with one attached hydrogen (secondary N) is 5. The number of likely N-dealkylation sites (tertiary alicyclic amines) is 1. The number of carbonyl (C=O) groups is 6. The molecule has 0 aromatic carbocycles. The Morgan fingerprint density at radius 3 is 2.20 bits per heavy atom. The third-order valence-electron chi connectivity index (χ3n) is 9.45. The van der Waals surface area contributed by atoms with E-state index in [1.807, 2.05) is 34.6 Å². The molecule has 5 N–H and O–H groups in total. The second-order valence-electron chi connectivity index (χ2n) is 14.6. The molecule has 1 heterocycles. The molecule has 252 valence electrons. The van der Waals surface area contributed by atoms with Crippen LogP contribution < -0.4 is 26.6 Å². The minimum absolute atomic E-state index is 0.0390. The fourth-order valence-corrected chi connectivity index (χ4v) is 6.27. The second-order valence-corrected chi connectivity index (χ2v) is 14.6. The van der Waals surface area contributed by atoms with E-state index >= 15 is 0 Å². The van der Waals surface area contributed by atoms with Crippen LogP contribution in [-0.4, -0.2) is 91.4 Å². The number of Topliss-reactive ketones (excluding diaryl/α,β-unsaturated/α-hetero) is 1. The average molecular weight is 633 g/mol. The van der Waals surface area contributed by atoms with E-state index in [-0.39, 0.29) is 42.2 Å². The molecule has 1 saturated heterocycles. The van der Waals surface area contributed by atoms with E-state index in [2.05, 4.69) is 51.7 Å². The molecule has 2 saturated carbocycles. The van der Waals surface area contributed by atoms with Gasteiger partial charge in [0.1, 0.15) is 12.1 Å². The molecule has 13 heteroatoms. The van der Waals surface area contributed by atoms with Gasteiger partial charge in [0.25, 0.3) is 5.91 Å². The third-order valence-corrected chi connectivity index (χ3v) is 9.45. The molecule has 0 radical (unpaired) electrons. The Hall–Kier alpha value is -3.64. The van der Waals surface area contributed by atoms with Crippen molar-refractivity contribution in [2.45, 2.75) is 91.9 Å². The number of hydrogen-bond donors (Lipinski definition) is 5. The van der Waals surface area contributed by atoms with Crippen molar-refractivity contribution in [1.29, 1.82) is 0 Å². The van der Waals surface area contributed by atoms with Crippen LogP contribution in [0.25, 0.3) is 0 Å². The van der Waals surface area contributed by atoms with Crippen molar-refractivity contribution in [3.8, 4) is 0 Å². The summed E-state index contributed by atoms with van der Waals surface area (Å²) in [6.07, 6.45) is 3.06. The Labute approximate surface area is 266 Å². The van der Waals surface area contributed by atoms with Crippen LogP contribution in [0.15, 0.2) is 12.7 Å². The molecule has 2 aliphatic carbocycles. The highest BCUT2D eigenvalue weighted by Crippen LogP contribution is 2.65. The molecule has 45 heavy (non-hydrogen) atoms. The van der Waals surface area contributed by atoms with Gasteiger partial charge in [0.05, 0.1) is 19.2 Å². The largest absolute Gasteiger partial charge is 0.453 e. The molecule has 1 unspecified atom stereocenters. The summed E-state index contributed by atoms with van der Waals surface area (Å²) in [7, 11) is 1.25. The zero-order chi connectivity index (χ0) is 33.9. The predicted octanol–water partition coefficient (Wildman–Crippen LogP) is 1.72. The van der Waals surface area contributed by atoms with Gasteiger partial charge in [-0.05, 0) is 40.9 Å². The van der Waals surface area contributed by atoms with Gasteiger partial charge in [-0.2, -0.15) is 0 Å². The van der Waals surface area contributed by atoms with Gasteiger partial charge in [-0.1, -0.05) is 67.4 Å². The van der Waals surface area contributed by atoms with E-state index in [1.165, 1.54) is 18.1 Å². The highest BCUT2D eigenvalue weighted by molar-refractivity contribution is 6.38. The Morgan fingerprint density at radius 2 is 1.67 bits per heavy atom. The second kappa shape index (κ2) is 14.2. The van der Waals surface area contributed by atoms with Gasteiger partial charge in [0, 0.05) is 19.6 Å². The van der Waals surface area contributed by atoms with E-state index in [9.17, 15) is 28.8 Å². The number of hydrogen-bond acceptors (Lipinski definition) is 7. The molecule has 3 rings (SSSR count). The smallest absolute Gasteiger partial charge is 0.406 e. The lowest BCUT2D eigenvalue weighted by molar-refractivity contribution is -0.145. The van der Waals surface area contributed by atoms with Gasteiger partial charge in [0.15, 0.2) is 0 Å². The van der Waals surface area contributed by atoms with Gasteiger partial charge in [-0.15, -0.1) is 6.58 Å². The highest BCUT2D eigenvalue weighted by atomic mass is 16.5. The van der Waals surface area contributed by atoms with Crippen molar-refractivity contribution in [3.05, 3.63) is 12.7 Å². The first-order valence-electron chi connectivity index (χ1n) is 15.9. The van der Waals surface area contributed by atoms with Crippen molar-refractivity contribution in [2.75, 3.05) is 26.7 Å².